The third-order valence-corrected chi connectivity index (χ3v) is 3.78. The van der Waals surface area contributed by atoms with Crippen molar-refractivity contribution in [2.24, 2.45) is 5.92 Å². The molecular formula is C15H21NO3. The first kappa shape index (κ1) is 13.7. The number of aliphatic carboxylic acids is 1. The van der Waals surface area contributed by atoms with E-state index in [1.165, 1.54) is 6.42 Å². The van der Waals surface area contributed by atoms with Crippen LogP contribution in [0.4, 0.5) is 5.69 Å². The molecule has 19 heavy (non-hydrogen) atoms. The fourth-order valence-electron chi connectivity index (χ4n) is 2.74. The molecule has 1 aliphatic rings. The van der Waals surface area contributed by atoms with Crippen LogP contribution in [0.1, 0.15) is 32.1 Å². The first-order valence-corrected chi connectivity index (χ1v) is 6.84. The molecular weight excluding hydrogens is 242 g/mol. The smallest absolute Gasteiger partial charge is 0.326 e. The Morgan fingerprint density at radius 3 is 2.74 bits per heavy atom. The van der Waals surface area contributed by atoms with Crippen molar-refractivity contribution in [3.63, 3.8) is 0 Å². The number of ether oxygens (including phenoxy) is 1. The number of methoxy groups -OCH3 is 1. The van der Waals surface area contributed by atoms with E-state index in [9.17, 15) is 9.90 Å². The van der Waals surface area contributed by atoms with Crippen molar-refractivity contribution in [3.8, 4) is 5.75 Å². The van der Waals surface area contributed by atoms with Crippen molar-refractivity contribution in [2.45, 2.75) is 38.1 Å². The molecule has 2 rings (SSSR count). The van der Waals surface area contributed by atoms with Crippen LogP contribution in [0.25, 0.3) is 0 Å². The average molecular weight is 263 g/mol. The highest BCUT2D eigenvalue weighted by molar-refractivity contribution is 5.77. The first-order chi connectivity index (χ1) is 9.20. The molecule has 0 heterocycles. The van der Waals surface area contributed by atoms with Gasteiger partial charge in [0, 0.05) is 11.8 Å². The lowest BCUT2D eigenvalue weighted by Gasteiger charge is -2.28. The van der Waals surface area contributed by atoms with Crippen molar-refractivity contribution in [1.29, 1.82) is 0 Å². The summed E-state index contributed by atoms with van der Waals surface area (Å²) in [4.78, 5) is 11.5. The van der Waals surface area contributed by atoms with E-state index in [-0.39, 0.29) is 5.92 Å². The molecule has 1 aliphatic carbocycles. The fourth-order valence-corrected chi connectivity index (χ4v) is 2.74. The van der Waals surface area contributed by atoms with Gasteiger partial charge in [0.25, 0.3) is 0 Å². The topological polar surface area (TPSA) is 58.6 Å². The Labute approximate surface area is 113 Å². The zero-order chi connectivity index (χ0) is 13.7. The Morgan fingerprint density at radius 2 is 2.11 bits per heavy atom. The van der Waals surface area contributed by atoms with Gasteiger partial charge in [-0.1, -0.05) is 25.3 Å². The van der Waals surface area contributed by atoms with E-state index < -0.39 is 12.0 Å². The molecule has 0 amide bonds. The lowest BCUT2D eigenvalue weighted by molar-refractivity contribution is -0.139. The van der Waals surface area contributed by atoms with Crippen molar-refractivity contribution < 1.29 is 14.6 Å². The molecule has 4 heteroatoms. The molecule has 1 aromatic carbocycles. The van der Waals surface area contributed by atoms with Crippen molar-refractivity contribution in [3.05, 3.63) is 24.3 Å². The molecule has 1 unspecified atom stereocenters. The van der Waals surface area contributed by atoms with Crippen LogP contribution < -0.4 is 10.1 Å². The standard InChI is InChI=1S/C15H21NO3/c1-19-13-9-5-8-12(10-13)16-14(15(17)18)11-6-3-2-4-7-11/h5,8-11,14,16H,2-4,6-7H2,1H3,(H,17,18). The molecule has 0 radical (unpaired) electrons. The van der Waals surface area contributed by atoms with E-state index in [1.54, 1.807) is 7.11 Å². The molecule has 104 valence electrons. The number of hydrogen-bond donors (Lipinski definition) is 2. The maximum absolute atomic E-state index is 11.5. The van der Waals surface area contributed by atoms with E-state index in [0.717, 1.165) is 37.1 Å². The van der Waals surface area contributed by atoms with Gasteiger partial charge in [-0.05, 0) is 30.9 Å². The molecule has 0 spiro atoms. The lowest BCUT2D eigenvalue weighted by atomic mass is 9.84. The normalized spacial score (nSPS) is 17.7. The molecule has 2 N–H and O–H groups in total. The number of rotatable bonds is 5. The fraction of sp³-hybridized carbons (Fsp3) is 0.533. The summed E-state index contributed by atoms with van der Waals surface area (Å²) < 4.78 is 5.15. The summed E-state index contributed by atoms with van der Waals surface area (Å²) in [5.74, 6) is 0.185. The van der Waals surface area contributed by atoms with Gasteiger partial charge in [0.05, 0.1) is 7.11 Å². The average Bonchev–Trinajstić information content (AvgIpc) is 2.45. The predicted octanol–water partition coefficient (Wildman–Crippen LogP) is 3.14. The summed E-state index contributed by atoms with van der Waals surface area (Å²) in [7, 11) is 1.61. The zero-order valence-electron chi connectivity index (χ0n) is 11.3. The second-order valence-electron chi connectivity index (χ2n) is 5.09. The van der Waals surface area contributed by atoms with Crippen LogP contribution in [0, 0.1) is 5.92 Å². The Bertz CT molecular complexity index is 427. The zero-order valence-corrected chi connectivity index (χ0v) is 11.3. The summed E-state index contributed by atoms with van der Waals surface area (Å²) >= 11 is 0. The molecule has 0 bridgehead atoms. The van der Waals surface area contributed by atoms with E-state index in [4.69, 9.17) is 4.74 Å². The number of carboxylic acid groups (broad SMARTS) is 1. The highest BCUT2D eigenvalue weighted by atomic mass is 16.5. The monoisotopic (exact) mass is 263 g/mol. The van der Waals surface area contributed by atoms with Gasteiger partial charge >= 0.3 is 5.97 Å². The van der Waals surface area contributed by atoms with Crippen LogP contribution in [0.2, 0.25) is 0 Å². The summed E-state index contributed by atoms with van der Waals surface area (Å²) in [6.45, 7) is 0. The predicted molar refractivity (Wildman–Crippen MR) is 74.6 cm³/mol. The molecule has 1 atom stereocenters. The van der Waals surface area contributed by atoms with Crippen molar-refractivity contribution in [1.82, 2.24) is 0 Å². The van der Waals surface area contributed by atoms with Crippen LogP contribution >= 0.6 is 0 Å². The third kappa shape index (κ3) is 3.63. The Hall–Kier alpha value is -1.71. The van der Waals surface area contributed by atoms with Gasteiger partial charge in [-0.25, -0.2) is 4.79 Å². The largest absolute Gasteiger partial charge is 0.497 e. The van der Waals surface area contributed by atoms with Crippen LogP contribution in [0.15, 0.2) is 24.3 Å². The molecule has 1 saturated carbocycles. The summed E-state index contributed by atoms with van der Waals surface area (Å²) in [6.07, 6.45) is 5.48. The minimum absolute atomic E-state index is 0.220. The second kappa shape index (κ2) is 6.45. The third-order valence-electron chi connectivity index (χ3n) is 3.78. The quantitative estimate of drug-likeness (QED) is 0.856. The van der Waals surface area contributed by atoms with Crippen LogP contribution in [-0.4, -0.2) is 24.2 Å². The van der Waals surface area contributed by atoms with Crippen LogP contribution in [0.3, 0.4) is 0 Å². The van der Waals surface area contributed by atoms with Gasteiger partial charge in [0.2, 0.25) is 0 Å². The Morgan fingerprint density at radius 1 is 1.37 bits per heavy atom. The highest BCUT2D eigenvalue weighted by Crippen LogP contribution is 2.29. The minimum atomic E-state index is -0.769. The number of nitrogens with one attached hydrogen (secondary N) is 1. The molecule has 4 nitrogen and oxygen atoms in total. The van der Waals surface area contributed by atoms with E-state index in [1.807, 2.05) is 24.3 Å². The van der Waals surface area contributed by atoms with Gasteiger partial charge in [0.1, 0.15) is 11.8 Å². The first-order valence-electron chi connectivity index (χ1n) is 6.84. The van der Waals surface area contributed by atoms with Gasteiger partial charge in [-0.15, -0.1) is 0 Å². The number of benzene rings is 1. The van der Waals surface area contributed by atoms with E-state index in [2.05, 4.69) is 5.32 Å². The highest BCUT2D eigenvalue weighted by Gasteiger charge is 2.29. The van der Waals surface area contributed by atoms with Crippen molar-refractivity contribution >= 4 is 11.7 Å². The van der Waals surface area contributed by atoms with Crippen LogP contribution in [-0.2, 0) is 4.79 Å². The maximum atomic E-state index is 11.5. The minimum Gasteiger partial charge on any atom is -0.497 e. The van der Waals surface area contributed by atoms with E-state index in [0.29, 0.717) is 0 Å². The Balaban J connectivity index is 2.08. The van der Waals surface area contributed by atoms with Crippen LogP contribution in [0.5, 0.6) is 5.75 Å². The number of hydrogen-bond acceptors (Lipinski definition) is 3. The number of anilines is 1. The van der Waals surface area contributed by atoms with Gasteiger partial charge in [0.15, 0.2) is 0 Å². The summed E-state index contributed by atoms with van der Waals surface area (Å²) in [6, 6.07) is 6.91. The Kier molecular flexibility index (Phi) is 4.66. The molecule has 0 saturated heterocycles. The maximum Gasteiger partial charge on any atom is 0.326 e. The number of carbonyl (C=O) groups is 1. The van der Waals surface area contributed by atoms with Gasteiger partial charge in [-0.3, -0.25) is 0 Å². The van der Waals surface area contributed by atoms with Gasteiger partial charge < -0.3 is 15.2 Å². The molecule has 0 aliphatic heterocycles. The number of carboxylic acids is 1. The van der Waals surface area contributed by atoms with Gasteiger partial charge in [-0.2, -0.15) is 0 Å². The SMILES string of the molecule is COc1cccc(NC(C(=O)O)C2CCCCC2)c1. The second-order valence-corrected chi connectivity index (χ2v) is 5.09. The molecule has 1 fully saturated rings. The summed E-state index contributed by atoms with van der Waals surface area (Å²) in [5, 5.41) is 12.6. The van der Waals surface area contributed by atoms with Crippen molar-refractivity contribution in [2.75, 3.05) is 12.4 Å². The van der Waals surface area contributed by atoms with E-state index >= 15 is 0 Å². The molecule has 0 aromatic heterocycles. The lowest BCUT2D eigenvalue weighted by Crippen LogP contribution is -2.37. The molecule has 1 aromatic rings. The summed E-state index contributed by atoms with van der Waals surface area (Å²) in [5.41, 5.74) is 0.803.